The molecule has 2 amide bonds. The Morgan fingerprint density at radius 1 is 0.881 bits per heavy atom. The van der Waals surface area contributed by atoms with Crippen LogP contribution in [0.15, 0.2) is 84.9 Å². The normalized spacial score (nSPS) is 19.7. The number of esters is 1. The largest absolute Gasteiger partial charge is 0.497 e. The van der Waals surface area contributed by atoms with Crippen molar-refractivity contribution in [1.29, 1.82) is 0 Å². The number of methoxy groups -OCH3 is 1. The number of benzene rings is 3. The average molecular weight is 589 g/mol. The van der Waals surface area contributed by atoms with Crippen molar-refractivity contribution in [3.05, 3.63) is 96.1 Å². The first kappa shape index (κ1) is 31.0. The molecule has 0 aliphatic carbocycles. The van der Waals surface area contributed by atoms with E-state index in [0.29, 0.717) is 21.9 Å². The van der Waals surface area contributed by atoms with Gasteiger partial charge in [-0.3, -0.25) is 14.4 Å². The number of amides is 2. The minimum Gasteiger partial charge on any atom is -0.497 e. The third kappa shape index (κ3) is 5.23. The molecule has 3 aromatic rings. The van der Waals surface area contributed by atoms with Crippen LogP contribution >= 0.6 is 0 Å². The Labute approximate surface area is 250 Å². The zero-order valence-electron chi connectivity index (χ0n) is 25.3. The van der Waals surface area contributed by atoms with E-state index >= 15 is 0 Å². The Morgan fingerprint density at radius 3 is 1.90 bits per heavy atom. The van der Waals surface area contributed by atoms with E-state index in [2.05, 4.69) is 45.1 Å². The number of carbonyl (C=O) groups is 3. The van der Waals surface area contributed by atoms with Gasteiger partial charge in [0.15, 0.2) is 6.61 Å². The SMILES string of the molecule is COc1ccc(N2C(=O)[C@@H](NC(=O)COC(C)=O)[C@H]2C(c2ccccc2)(C(C)(C)C)[C@@](C)(O[SiH3])c2ccccc2)cc1. The summed E-state index contributed by atoms with van der Waals surface area (Å²) >= 11 is 0. The molecule has 3 aromatic carbocycles. The number of carbonyl (C=O) groups excluding carboxylic acids is 3. The summed E-state index contributed by atoms with van der Waals surface area (Å²) in [4.78, 5) is 40.4. The maximum absolute atomic E-state index is 14.1. The second-order valence-electron chi connectivity index (χ2n) is 11.7. The molecular formula is C33H40N2O6Si. The Bertz CT molecular complexity index is 1410. The summed E-state index contributed by atoms with van der Waals surface area (Å²) in [6.07, 6.45) is 0. The molecule has 9 heteroatoms. The molecule has 4 atom stereocenters. The smallest absolute Gasteiger partial charge is 0.303 e. The van der Waals surface area contributed by atoms with E-state index in [1.54, 1.807) is 12.0 Å². The second-order valence-corrected chi connectivity index (χ2v) is 12.1. The van der Waals surface area contributed by atoms with Crippen LogP contribution in [0.2, 0.25) is 0 Å². The number of hydrogen-bond acceptors (Lipinski definition) is 6. The van der Waals surface area contributed by atoms with Crippen LogP contribution in [0.1, 0.15) is 45.7 Å². The van der Waals surface area contributed by atoms with Gasteiger partial charge in [0.2, 0.25) is 0 Å². The van der Waals surface area contributed by atoms with Crippen molar-refractivity contribution in [2.24, 2.45) is 5.41 Å². The third-order valence-electron chi connectivity index (χ3n) is 8.51. The molecule has 8 nitrogen and oxygen atoms in total. The highest BCUT2D eigenvalue weighted by atomic mass is 28.2. The van der Waals surface area contributed by atoms with Crippen molar-refractivity contribution in [3.63, 3.8) is 0 Å². The maximum Gasteiger partial charge on any atom is 0.303 e. The highest BCUT2D eigenvalue weighted by Crippen LogP contribution is 2.61. The Hall–Kier alpha value is -3.95. The summed E-state index contributed by atoms with van der Waals surface area (Å²) in [5, 5.41) is 2.91. The minimum absolute atomic E-state index is 0.269. The van der Waals surface area contributed by atoms with Gasteiger partial charge in [-0.15, -0.1) is 0 Å². The number of β-lactam (4-membered cyclic amide) rings is 1. The van der Waals surface area contributed by atoms with Crippen LogP contribution in [0.25, 0.3) is 0 Å². The van der Waals surface area contributed by atoms with E-state index in [0.717, 1.165) is 11.1 Å². The molecule has 1 heterocycles. The van der Waals surface area contributed by atoms with E-state index in [9.17, 15) is 14.4 Å². The zero-order chi connectivity index (χ0) is 30.7. The third-order valence-corrected chi connectivity index (χ3v) is 9.33. The van der Waals surface area contributed by atoms with Crippen LogP contribution in [0, 0.1) is 5.41 Å². The molecule has 222 valence electrons. The van der Waals surface area contributed by atoms with Gasteiger partial charge in [-0.2, -0.15) is 0 Å². The molecule has 0 spiro atoms. The molecule has 1 aliphatic rings. The predicted octanol–water partition coefficient (Wildman–Crippen LogP) is 3.65. The van der Waals surface area contributed by atoms with Crippen LogP contribution in [0.5, 0.6) is 5.75 Å². The van der Waals surface area contributed by atoms with Crippen LogP contribution < -0.4 is 15.0 Å². The Kier molecular flexibility index (Phi) is 8.94. The lowest BCUT2D eigenvalue weighted by Crippen LogP contribution is -2.82. The molecule has 0 aromatic heterocycles. The van der Waals surface area contributed by atoms with Gasteiger partial charge in [0.05, 0.1) is 24.2 Å². The van der Waals surface area contributed by atoms with Gasteiger partial charge < -0.3 is 24.1 Å². The number of rotatable bonds is 10. The maximum atomic E-state index is 14.1. The highest BCUT2D eigenvalue weighted by Gasteiger charge is 2.70. The van der Waals surface area contributed by atoms with Crippen LogP contribution in [-0.4, -0.2) is 54.1 Å². The fourth-order valence-electron chi connectivity index (χ4n) is 6.77. The van der Waals surface area contributed by atoms with Gasteiger partial charge in [0, 0.05) is 12.6 Å². The second kappa shape index (κ2) is 12.1. The summed E-state index contributed by atoms with van der Waals surface area (Å²) in [6, 6.07) is 25.9. The number of anilines is 1. The minimum atomic E-state index is -0.935. The quantitative estimate of drug-likeness (QED) is 0.221. The molecule has 0 bridgehead atoms. The van der Waals surface area contributed by atoms with Crippen molar-refractivity contribution in [2.45, 2.75) is 57.7 Å². The van der Waals surface area contributed by atoms with E-state index in [-0.39, 0.29) is 5.91 Å². The van der Waals surface area contributed by atoms with Crippen molar-refractivity contribution in [1.82, 2.24) is 5.32 Å². The predicted molar refractivity (Wildman–Crippen MR) is 165 cm³/mol. The zero-order valence-corrected chi connectivity index (χ0v) is 27.3. The summed E-state index contributed by atoms with van der Waals surface area (Å²) in [6.45, 7) is 9.29. The summed E-state index contributed by atoms with van der Waals surface area (Å²) < 4.78 is 17.1. The molecule has 1 N–H and O–H groups in total. The first-order valence-electron chi connectivity index (χ1n) is 14.0. The molecule has 0 saturated carbocycles. The molecule has 1 unspecified atom stereocenters. The van der Waals surface area contributed by atoms with Crippen molar-refractivity contribution >= 4 is 34.0 Å². The number of nitrogens with one attached hydrogen (secondary N) is 1. The van der Waals surface area contributed by atoms with Crippen LogP contribution in [0.4, 0.5) is 5.69 Å². The van der Waals surface area contributed by atoms with E-state index in [1.165, 1.54) is 6.92 Å². The number of ether oxygens (including phenoxy) is 2. The van der Waals surface area contributed by atoms with Gasteiger partial charge in [0.1, 0.15) is 22.3 Å². The standard InChI is InChI=1S/C33H40N2O6Si/c1-22(36)40-21-27(37)34-28-29(35(30(28)38)25-17-19-26(39-6)20-18-25)33(31(2,3)4,24-15-11-8-12-16-24)32(5,41-42)23-13-9-7-10-14-23/h7-20,28-29H,21H2,1-6,42H3,(H,34,37)/t28-,29-,32-,33?/m0/s1. The highest BCUT2D eigenvalue weighted by molar-refractivity contribution is 6.08. The van der Waals surface area contributed by atoms with E-state index < -0.39 is 47.0 Å². The molecule has 4 rings (SSSR count). The molecule has 0 radical (unpaired) electrons. The Morgan fingerprint density at radius 2 is 1.43 bits per heavy atom. The number of hydrogen-bond donors (Lipinski definition) is 1. The molecule has 42 heavy (non-hydrogen) atoms. The summed E-state index contributed by atoms with van der Waals surface area (Å²) in [7, 11) is 1.99. The van der Waals surface area contributed by atoms with Crippen LogP contribution in [-0.2, 0) is 34.6 Å². The molecular weight excluding hydrogens is 548 g/mol. The first-order valence-corrected chi connectivity index (χ1v) is 14.8. The first-order chi connectivity index (χ1) is 19.9. The molecule has 1 aliphatic heterocycles. The topological polar surface area (TPSA) is 94.2 Å². The van der Waals surface area contributed by atoms with Gasteiger partial charge in [-0.05, 0) is 47.7 Å². The number of nitrogens with zero attached hydrogens (tertiary/aromatic N) is 1. The molecule has 1 saturated heterocycles. The van der Waals surface area contributed by atoms with Crippen LogP contribution in [0.3, 0.4) is 0 Å². The fraction of sp³-hybridized carbons (Fsp3) is 0.364. The lowest BCUT2D eigenvalue weighted by Gasteiger charge is -2.66. The van der Waals surface area contributed by atoms with Crippen molar-refractivity contribution in [2.75, 3.05) is 18.6 Å². The van der Waals surface area contributed by atoms with Crippen molar-refractivity contribution < 1.29 is 28.3 Å². The van der Waals surface area contributed by atoms with E-state index in [4.69, 9.17) is 13.9 Å². The van der Waals surface area contributed by atoms with Gasteiger partial charge in [-0.1, -0.05) is 81.4 Å². The fourth-order valence-corrected chi connectivity index (χ4v) is 7.33. The van der Waals surface area contributed by atoms with Crippen molar-refractivity contribution in [3.8, 4) is 5.75 Å². The van der Waals surface area contributed by atoms with Gasteiger partial charge >= 0.3 is 5.97 Å². The van der Waals surface area contributed by atoms with Gasteiger partial charge in [0.25, 0.3) is 11.8 Å². The molecule has 1 fully saturated rings. The monoisotopic (exact) mass is 588 g/mol. The van der Waals surface area contributed by atoms with E-state index in [1.807, 2.05) is 72.8 Å². The summed E-state index contributed by atoms with van der Waals surface area (Å²) in [5.41, 5.74) is 0.225. The lowest BCUT2D eigenvalue weighted by molar-refractivity contribution is -0.149. The lowest BCUT2D eigenvalue weighted by atomic mass is 9.47. The Balaban J connectivity index is 2.03. The summed E-state index contributed by atoms with van der Waals surface area (Å²) in [5.74, 6) is -0.728. The van der Waals surface area contributed by atoms with Gasteiger partial charge in [-0.25, -0.2) is 0 Å². The average Bonchev–Trinajstić information content (AvgIpc) is 2.99.